The molecule has 0 aliphatic carbocycles. The lowest BCUT2D eigenvalue weighted by atomic mass is 9.90. The maximum absolute atomic E-state index is 10.2. The highest BCUT2D eigenvalue weighted by Gasteiger charge is 2.19. The fraction of sp³-hybridized carbons (Fsp3) is 0.667. The minimum atomic E-state index is -1.01. The van der Waals surface area contributed by atoms with Crippen LogP contribution in [0.1, 0.15) is 13.8 Å². The summed E-state index contributed by atoms with van der Waals surface area (Å²) >= 11 is 5.47. The molecule has 0 aliphatic heterocycles. The van der Waals surface area contributed by atoms with Gasteiger partial charge in [-0.05, 0) is 5.92 Å². The van der Waals surface area contributed by atoms with Crippen molar-refractivity contribution in [3.63, 3.8) is 0 Å². The van der Waals surface area contributed by atoms with E-state index in [1.54, 1.807) is 0 Å². The molecule has 0 fully saturated rings. The molecule has 0 amide bonds. The molecule has 0 bridgehead atoms. The number of rotatable bonds is 5. The van der Waals surface area contributed by atoms with E-state index >= 15 is 0 Å². The van der Waals surface area contributed by atoms with Crippen LogP contribution in [0, 0.1) is 11.8 Å². The van der Waals surface area contributed by atoms with E-state index in [-0.39, 0.29) is 17.7 Å². The van der Waals surface area contributed by atoms with Gasteiger partial charge < -0.3 is 10.2 Å². The van der Waals surface area contributed by atoms with Gasteiger partial charge in [0.05, 0.1) is 6.10 Å². The molecule has 0 radical (unpaired) electrons. The number of carboxylic acids is 1. The molecule has 13 heavy (non-hydrogen) atoms. The van der Waals surface area contributed by atoms with Crippen molar-refractivity contribution in [2.45, 2.75) is 20.0 Å². The summed E-state index contributed by atoms with van der Waals surface area (Å²) in [5, 5.41) is 17.8. The van der Waals surface area contributed by atoms with E-state index in [2.05, 4.69) is 0 Å². The van der Waals surface area contributed by atoms with Crippen molar-refractivity contribution in [1.29, 1.82) is 0 Å². The molecule has 2 N–H and O–H groups in total. The number of hydrogen-bond donors (Lipinski definition) is 2. The van der Waals surface area contributed by atoms with Crippen LogP contribution in [0.15, 0.2) is 12.2 Å². The topological polar surface area (TPSA) is 57.5 Å². The average molecular weight is 207 g/mol. The van der Waals surface area contributed by atoms with Gasteiger partial charge in [0, 0.05) is 17.9 Å². The molecule has 2 unspecified atom stereocenters. The second-order valence-corrected chi connectivity index (χ2v) is 3.55. The third-order valence-electron chi connectivity index (χ3n) is 1.83. The molecular formula is C9H15ClO3. The number of carboxylic acid groups (broad SMARTS) is 1. The van der Waals surface area contributed by atoms with Gasteiger partial charge in [-0.1, -0.05) is 19.9 Å². The highest BCUT2D eigenvalue weighted by Crippen LogP contribution is 2.18. The standard InChI is InChI=1S/C9H15ClO3/c1-6(2)7(8(11)5-10)3-4-9(12)13/h3-4,6-8,11H,5H2,1-2H3,(H,12,13). The zero-order valence-electron chi connectivity index (χ0n) is 7.77. The summed E-state index contributed by atoms with van der Waals surface area (Å²) in [6, 6.07) is 0. The minimum absolute atomic E-state index is 0.118. The zero-order chi connectivity index (χ0) is 10.4. The molecule has 0 saturated carbocycles. The molecular weight excluding hydrogens is 192 g/mol. The molecule has 0 aromatic rings. The van der Waals surface area contributed by atoms with E-state index in [4.69, 9.17) is 16.7 Å². The highest BCUT2D eigenvalue weighted by atomic mass is 35.5. The number of alkyl halides is 1. The molecule has 0 saturated heterocycles. The Morgan fingerprint density at radius 1 is 1.54 bits per heavy atom. The molecule has 4 heteroatoms. The number of aliphatic hydroxyl groups is 1. The van der Waals surface area contributed by atoms with Gasteiger partial charge in [-0.15, -0.1) is 11.6 Å². The van der Waals surface area contributed by atoms with Gasteiger partial charge in [-0.25, -0.2) is 4.79 Å². The normalized spacial score (nSPS) is 16.4. The number of aliphatic carboxylic acids is 1. The van der Waals surface area contributed by atoms with Crippen LogP contribution in [-0.4, -0.2) is 28.2 Å². The largest absolute Gasteiger partial charge is 0.478 e. The Morgan fingerprint density at radius 2 is 2.08 bits per heavy atom. The fourth-order valence-corrected chi connectivity index (χ4v) is 1.30. The van der Waals surface area contributed by atoms with Crippen molar-refractivity contribution in [2.24, 2.45) is 11.8 Å². The second kappa shape index (κ2) is 6.00. The molecule has 0 heterocycles. The molecule has 0 aliphatic rings. The summed E-state index contributed by atoms with van der Waals surface area (Å²) in [5.41, 5.74) is 0. The van der Waals surface area contributed by atoms with Crippen molar-refractivity contribution in [2.75, 3.05) is 5.88 Å². The van der Waals surface area contributed by atoms with Crippen LogP contribution in [0.4, 0.5) is 0 Å². The first-order chi connectivity index (χ1) is 5.99. The van der Waals surface area contributed by atoms with E-state index in [0.717, 1.165) is 6.08 Å². The molecule has 76 valence electrons. The van der Waals surface area contributed by atoms with Crippen molar-refractivity contribution in [3.05, 3.63) is 12.2 Å². The third-order valence-corrected chi connectivity index (χ3v) is 2.15. The van der Waals surface area contributed by atoms with Crippen LogP contribution in [0.25, 0.3) is 0 Å². The SMILES string of the molecule is CC(C)C(C=CC(=O)O)C(O)CCl. The number of hydrogen-bond acceptors (Lipinski definition) is 2. The smallest absolute Gasteiger partial charge is 0.327 e. The number of aliphatic hydroxyl groups excluding tert-OH is 1. The molecule has 2 atom stereocenters. The Morgan fingerprint density at radius 3 is 2.38 bits per heavy atom. The van der Waals surface area contributed by atoms with Gasteiger partial charge in [0.2, 0.25) is 0 Å². The molecule has 0 rings (SSSR count). The first-order valence-corrected chi connectivity index (χ1v) is 4.67. The predicted molar refractivity (Wildman–Crippen MR) is 51.8 cm³/mol. The monoisotopic (exact) mass is 206 g/mol. The van der Waals surface area contributed by atoms with Gasteiger partial charge in [0.25, 0.3) is 0 Å². The van der Waals surface area contributed by atoms with Gasteiger partial charge >= 0.3 is 5.97 Å². The van der Waals surface area contributed by atoms with Crippen LogP contribution in [0.3, 0.4) is 0 Å². The minimum Gasteiger partial charge on any atom is -0.478 e. The number of carbonyl (C=O) groups is 1. The Bertz CT molecular complexity index is 189. The predicted octanol–water partition coefficient (Wildman–Crippen LogP) is 1.50. The van der Waals surface area contributed by atoms with Crippen LogP contribution in [0.2, 0.25) is 0 Å². The first-order valence-electron chi connectivity index (χ1n) is 4.14. The lowest BCUT2D eigenvalue weighted by Gasteiger charge is -2.21. The fourth-order valence-electron chi connectivity index (χ4n) is 1.09. The van der Waals surface area contributed by atoms with E-state index in [1.165, 1.54) is 6.08 Å². The van der Waals surface area contributed by atoms with Gasteiger partial charge in [-0.3, -0.25) is 0 Å². The Labute approximate surface area is 83.0 Å². The van der Waals surface area contributed by atoms with E-state index in [1.807, 2.05) is 13.8 Å². The Kier molecular flexibility index (Phi) is 5.75. The second-order valence-electron chi connectivity index (χ2n) is 3.24. The van der Waals surface area contributed by atoms with Gasteiger partial charge in [0.1, 0.15) is 0 Å². The molecule has 0 spiro atoms. The van der Waals surface area contributed by atoms with Gasteiger partial charge in [0.15, 0.2) is 0 Å². The molecule has 0 aromatic heterocycles. The van der Waals surface area contributed by atoms with E-state index < -0.39 is 12.1 Å². The Balaban J connectivity index is 4.34. The average Bonchev–Trinajstić information content (AvgIpc) is 2.03. The first kappa shape index (κ1) is 12.5. The van der Waals surface area contributed by atoms with Crippen LogP contribution in [-0.2, 0) is 4.79 Å². The van der Waals surface area contributed by atoms with Gasteiger partial charge in [-0.2, -0.15) is 0 Å². The summed E-state index contributed by atoms with van der Waals surface area (Å²) in [4.78, 5) is 10.2. The van der Waals surface area contributed by atoms with Crippen molar-refractivity contribution in [3.8, 4) is 0 Å². The summed E-state index contributed by atoms with van der Waals surface area (Å²) < 4.78 is 0. The van der Waals surface area contributed by atoms with Crippen LogP contribution < -0.4 is 0 Å². The van der Waals surface area contributed by atoms with Crippen molar-refractivity contribution < 1.29 is 15.0 Å². The summed E-state index contributed by atoms with van der Waals surface area (Å²) in [6.07, 6.45) is 1.85. The maximum Gasteiger partial charge on any atom is 0.327 e. The number of halogens is 1. The van der Waals surface area contributed by atoms with Crippen LogP contribution >= 0.6 is 11.6 Å². The Hall–Kier alpha value is -0.540. The van der Waals surface area contributed by atoms with E-state index in [9.17, 15) is 9.90 Å². The highest BCUT2D eigenvalue weighted by molar-refractivity contribution is 6.18. The lowest BCUT2D eigenvalue weighted by molar-refractivity contribution is -0.131. The summed E-state index contributed by atoms with van der Waals surface area (Å²) in [7, 11) is 0. The summed E-state index contributed by atoms with van der Waals surface area (Å²) in [6.45, 7) is 3.82. The quantitative estimate of drug-likeness (QED) is 0.530. The zero-order valence-corrected chi connectivity index (χ0v) is 8.53. The lowest BCUT2D eigenvalue weighted by Crippen LogP contribution is -2.25. The van der Waals surface area contributed by atoms with Crippen molar-refractivity contribution in [1.82, 2.24) is 0 Å². The molecule has 3 nitrogen and oxygen atoms in total. The molecule has 0 aromatic carbocycles. The van der Waals surface area contributed by atoms with E-state index in [0.29, 0.717) is 0 Å². The summed E-state index contributed by atoms with van der Waals surface area (Å²) in [5.74, 6) is -0.919. The third kappa shape index (κ3) is 4.90. The van der Waals surface area contributed by atoms with Crippen molar-refractivity contribution >= 4 is 17.6 Å². The van der Waals surface area contributed by atoms with Crippen LogP contribution in [0.5, 0.6) is 0 Å². The maximum atomic E-state index is 10.2.